The van der Waals surface area contributed by atoms with E-state index in [1.165, 1.54) is 6.92 Å². The Labute approximate surface area is 95.6 Å². The van der Waals surface area contributed by atoms with Gasteiger partial charge >= 0.3 is 5.97 Å². The number of nitrogens with one attached hydrogen (secondary N) is 2. The number of hydrogen-bond donors (Lipinski definition) is 3. The lowest BCUT2D eigenvalue weighted by Crippen LogP contribution is -2.56. The number of carboxylic acid groups (broad SMARTS) is 1. The van der Waals surface area contributed by atoms with Gasteiger partial charge in [-0.15, -0.1) is 0 Å². The molecule has 7 heteroatoms. The summed E-state index contributed by atoms with van der Waals surface area (Å²) in [5.41, 5.74) is -1.39. The summed E-state index contributed by atoms with van der Waals surface area (Å²) < 4.78 is 27.6. The van der Waals surface area contributed by atoms with Gasteiger partial charge in [-0.25, -0.2) is 4.72 Å². The Morgan fingerprint density at radius 3 is 2.44 bits per heavy atom. The minimum absolute atomic E-state index is 0.108. The second-order valence-electron chi connectivity index (χ2n) is 4.28. The summed E-state index contributed by atoms with van der Waals surface area (Å²) in [7, 11) is -3.73. The molecule has 0 radical (unpaired) electrons. The summed E-state index contributed by atoms with van der Waals surface area (Å²) in [5, 5.41) is 9.08. The van der Waals surface area contributed by atoms with E-state index in [4.69, 9.17) is 5.11 Å². The molecule has 0 aromatic rings. The monoisotopic (exact) mass is 250 g/mol. The third-order valence-electron chi connectivity index (χ3n) is 2.73. The van der Waals surface area contributed by atoms with Crippen LogP contribution in [0.3, 0.4) is 0 Å². The first kappa shape index (κ1) is 13.4. The van der Waals surface area contributed by atoms with Crippen LogP contribution >= 0.6 is 0 Å². The third kappa shape index (κ3) is 3.16. The molecule has 3 N–H and O–H groups in total. The smallest absolute Gasteiger partial charge is 0.324 e. The zero-order valence-corrected chi connectivity index (χ0v) is 10.3. The van der Waals surface area contributed by atoms with Gasteiger partial charge in [0, 0.05) is 6.54 Å². The van der Waals surface area contributed by atoms with Crippen LogP contribution in [0.4, 0.5) is 0 Å². The highest BCUT2D eigenvalue weighted by Crippen LogP contribution is 2.39. The van der Waals surface area contributed by atoms with Crippen LogP contribution in [0.1, 0.15) is 33.1 Å². The second kappa shape index (κ2) is 4.68. The Bertz CT molecular complexity index is 364. The van der Waals surface area contributed by atoms with Gasteiger partial charge in [0.15, 0.2) is 0 Å². The Morgan fingerprint density at radius 2 is 2.06 bits per heavy atom. The van der Waals surface area contributed by atoms with E-state index in [2.05, 4.69) is 9.44 Å². The molecule has 6 nitrogen and oxygen atoms in total. The van der Waals surface area contributed by atoms with Crippen molar-refractivity contribution in [3.63, 3.8) is 0 Å². The summed E-state index contributed by atoms with van der Waals surface area (Å²) in [6.07, 6.45) is 2.16. The van der Waals surface area contributed by atoms with E-state index in [-0.39, 0.29) is 5.92 Å². The first-order chi connectivity index (χ1) is 7.32. The fraction of sp³-hybridized carbons (Fsp3) is 0.889. The zero-order valence-electron chi connectivity index (χ0n) is 9.49. The molecular weight excluding hydrogens is 232 g/mol. The van der Waals surface area contributed by atoms with E-state index < -0.39 is 21.7 Å². The minimum Gasteiger partial charge on any atom is -0.480 e. The quantitative estimate of drug-likeness (QED) is 0.596. The predicted molar refractivity (Wildman–Crippen MR) is 59.1 cm³/mol. The van der Waals surface area contributed by atoms with Crippen LogP contribution in [0.25, 0.3) is 0 Å². The molecule has 0 aromatic heterocycles. The van der Waals surface area contributed by atoms with Crippen LogP contribution in [-0.2, 0) is 15.0 Å². The first-order valence-corrected chi connectivity index (χ1v) is 6.82. The maximum absolute atomic E-state index is 11.6. The van der Waals surface area contributed by atoms with Crippen LogP contribution < -0.4 is 9.44 Å². The first-order valence-electron chi connectivity index (χ1n) is 5.34. The van der Waals surface area contributed by atoms with Crippen molar-refractivity contribution >= 4 is 16.2 Å². The highest BCUT2D eigenvalue weighted by molar-refractivity contribution is 7.87. The summed E-state index contributed by atoms with van der Waals surface area (Å²) in [5.74, 6) is -1.24. The van der Waals surface area contributed by atoms with Gasteiger partial charge in [0.1, 0.15) is 5.54 Å². The summed E-state index contributed by atoms with van der Waals surface area (Å²) in [6, 6.07) is 0. The molecule has 16 heavy (non-hydrogen) atoms. The molecule has 0 bridgehead atoms. The van der Waals surface area contributed by atoms with Crippen molar-refractivity contribution < 1.29 is 18.3 Å². The van der Waals surface area contributed by atoms with Gasteiger partial charge in [-0.2, -0.15) is 13.1 Å². The zero-order chi connectivity index (χ0) is 12.4. The van der Waals surface area contributed by atoms with Gasteiger partial charge < -0.3 is 5.11 Å². The van der Waals surface area contributed by atoms with Crippen LogP contribution in [0, 0.1) is 5.92 Å². The Kier molecular flexibility index (Phi) is 3.92. The molecule has 1 rings (SSSR count). The van der Waals surface area contributed by atoms with Crippen LogP contribution in [0.2, 0.25) is 0 Å². The maximum atomic E-state index is 11.6. The summed E-state index contributed by atoms with van der Waals surface area (Å²) in [4.78, 5) is 11.1. The largest absolute Gasteiger partial charge is 0.480 e. The average molecular weight is 250 g/mol. The molecule has 0 aliphatic heterocycles. The van der Waals surface area contributed by atoms with Crippen molar-refractivity contribution in [1.82, 2.24) is 9.44 Å². The Balaban J connectivity index is 2.72. The fourth-order valence-corrected chi connectivity index (χ4v) is 2.87. The van der Waals surface area contributed by atoms with Crippen molar-refractivity contribution in [2.45, 2.75) is 38.6 Å². The number of hydrogen-bond acceptors (Lipinski definition) is 3. The standard InChI is InChI=1S/C9H18N2O4S/c1-3-6-10-16(14,15)11-9(2,8(12)13)7-4-5-7/h7,10-11H,3-6H2,1-2H3,(H,12,13). The normalized spacial score (nSPS) is 20.4. The van der Waals surface area contributed by atoms with Crippen molar-refractivity contribution in [3.8, 4) is 0 Å². The molecule has 1 aliphatic rings. The van der Waals surface area contributed by atoms with E-state index in [0.29, 0.717) is 13.0 Å². The maximum Gasteiger partial charge on any atom is 0.324 e. The lowest BCUT2D eigenvalue weighted by atomic mass is 9.98. The van der Waals surface area contributed by atoms with Gasteiger partial charge in [0.05, 0.1) is 0 Å². The van der Waals surface area contributed by atoms with Crippen LogP contribution in [-0.4, -0.2) is 31.6 Å². The molecule has 1 atom stereocenters. The van der Waals surface area contributed by atoms with Crippen LogP contribution in [0.5, 0.6) is 0 Å². The minimum atomic E-state index is -3.73. The van der Waals surface area contributed by atoms with E-state index in [1.54, 1.807) is 0 Å². The van der Waals surface area contributed by atoms with Crippen LogP contribution in [0.15, 0.2) is 0 Å². The molecule has 0 spiro atoms. The molecule has 0 saturated heterocycles. The highest BCUT2D eigenvalue weighted by atomic mass is 32.2. The lowest BCUT2D eigenvalue weighted by Gasteiger charge is -2.25. The predicted octanol–water partition coefficient (Wildman–Crippen LogP) is 0.0737. The SMILES string of the molecule is CCCNS(=O)(=O)NC(C)(C(=O)O)C1CC1. The van der Waals surface area contributed by atoms with Gasteiger partial charge in [-0.1, -0.05) is 6.92 Å². The average Bonchev–Trinajstić information content (AvgIpc) is 2.97. The molecule has 0 heterocycles. The highest BCUT2D eigenvalue weighted by Gasteiger charge is 2.49. The van der Waals surface area contributed by atoms with Gasteiger partial charge in [0.2, 0.25) is 0 Å². The summed E-state index contributed by atoms with van der Waals surface area (Å²) >= 11 is 0. The van der Waals surface area contributed by atoms with Gasteiger partial charge in [-0.3, -0.25) is 4.79 Å². The van der Waals surface area contributed by atoms with E-state index in [0.717, 1.165) is 12.8 Å². The van der Waals surface area contributed by atoms with E-state index in [1.807, 2.05) is 6.92 Å². The second-order valence-corrected chi connectivity index (χ2v) is 5.78. The fourth-order valence-electron chi connectivity index (χ4n) is 1.51. The molecule has 1 unspecified atom stereocenters. The number of rotatable bonds is 7. The van der Waals surface area contributed by atoms with Crippen molar-refractivity contribution in [2.24, 2.45) is 5.92 Å². The molecule has 1 fully saturated rings. The molecule has 94 valence electrons. The molecule has 1 saturated carbocycles. The van der Waals surface area contributed by atoms with Gasteiger partial charge in [0.25, 0.3) is 10.2 Å². The molecule has 0 aromatic carbocycles. The van der Waals surface area contributed by atoms with E-state index >= 15 is 0 Å². The lowest BCUT2D eigenvalue weighted by molar-refractivity contribution is -0.144. The molecular formula is C9H18N2O4S. The Hall–Kier alpha value is -0.660. The van der Waals surface area contributed by atoms with Crippen molar-refractivity contribution in [1.29, 1.82) is 0 Å². The van der Waals surface area contributed by atoms with Gasteiger partial charge in [-0.05, 0) is 32.1 Å². The number of carbonyl (C=O) groups is 1. The number of carboxylic acids is 1. The number of aliphatic carboxylic acids is 1. The van der Waals surface area contributed by atoms with Crippen molar-refractivity contribution in [2.75, 3.05) is 6.54 Å². The van der Waals surface area contributed by atoms with Crippen molar-refractivity contribution in [3.05, 3.63) is 0 Å². The molecule has 1 aliphatic carbocycles. The summed E-state index contributed by atoms with van der Waals surface area (Å²) in [6.45, 7) is 3.55. The topological polar surface area (TPSA) is 95.5 Å². The molecule has 0 amide bonds. The Morgan fingerprint density at radius 1 is 1.50 bits per heavy atom. The van der Waals surface area contributed by atoms with E-state index in [9.17, 15) is 13.2 Å². The third-order valence-corrected chi connectivity index (χ3v) is 4.00.